The Morgan fingerprint density at radius 1 is 0.346 bits per heavy atom. The third kappa shape index (κ3) is 4.15. The lowest BCUT2D eigenvalue weighted by Gasteiger charge is -2.23. The van der Waals surface area contributed by atoms with Crippen molar-refractivity contribution in [1.29, 1.82) is 0 Å². The first-order chi connectivity index (χ1) is 25.6. The molecule has 0 saturated carbocycles. The van der Waals surface area contributed by atoms with Gasteiger partial charge in [0.2, 0.25) is 0 Å². The molecule has 0 nitrogen and oxygen atoms in total. The third-order valence-electron chi connectivity index (χ3n) is 11.7. The van der Waals surface area contributed by atoms with Crippen LogP contribution in [0.4, 0.5) is 0 Å². The number of hydrogen-bond acceptors (Lipinski definition) is 1. The van der Waals surface area contributed by atoms with Crippen LogP contribution in [0.3, 0.4) is 0 Å². The van der Waals surface area contributed by atoms with Crippen molar-refractivity contribution < 1.29 is 0 Å². The molecule has 0 atom stereocenters. The van der Waals surface area contributed by atoms with E-state index in [2.05, 4.69) is 184 Å². The summed E-state index contributed by atoms with van der Waals surface area (Å²) in [5, 5.41) is 10.3. The smallest absolute Gasteiger partial charge is 0.0355 e. The maximum atomic E-state index is 2.48. The molecule has 0 amide bonds. The van der Waals surface area contributed by atoms with Gasteiger partial charge in [0.25, 0.3) is 0 Å². The molecule has 1 aromatic heterocycles. The Labute approximate surface area is 307 Å². The molecule has 1 aliphatic carbocycles. The zero-order chi connectivity index (χ0) is 34.6. The van der Waals surface area contributed by atoms with Gasteiger partial charge in [0.1, 0.15) is 0 Å². The van der Waals surface area contributed by atoms with Crippen LogP contribution in [0.2, 0.25) is 0 Å². The van der Waals surface area contributed by atoms with Crippen molar-refractivity contribution in [1.82, 2.24) is 0 Å². The lowest BCUT2D eigenvalue weighted by Crippen LogP contribution is -2.14. The first-order valence-electron chi connectivity index (χ1n) is 18.2. The second-order valence-electron chi connectivity index (χ2n) is 14.8. The summed E-state index contributed by atoms with van der Waals surface area (Å²) < 4.78 is 2.66. The minimum atomic E-state index is -0.0830. The largest absolute Gasteiger partial charge is 0.135 e. The summed E-state index contributed by atoms with van der Waals surface area (Å²) in [7, 11) is 0. The average molecular weight is 679 g/mol. The second kappa shape index (κ2) is 11.0. The van der Waals surface area contributed by atoms with Crippen LogP contribution in [0.25, 0.3) is 97.0 Å². The number of hydrogen-bond donors (Lipinski definition) is 0. The topological polar surface area (TPSA) is 0 Å². The molecular weight excluding hydrogens is 645 g/mol. The lowest BCUT2D eigenvalue weighted by atomic mass is 9.80. The van der Waals surface area contributed by atoms with Crippen LogP contribution in [-0.4, -0.2) is 0 Å². The number of benzene rings is 9. The van der Waals surface area contributed by atoms with Gasteiger partial charge in [-0.1, -0.05) is 159 Å². The maximum absolute atomic E-state index is 2.48. The molecule has 9 aromatic carbocycles. The Morgan fingerprint density at radius 2 is 0.923 bits per heavy atom. The maximum Gasteiger partial charge on any atom is 0.0355 e. The molecular formula is C51H34S. The molecule has 1 aliphatic rings. The van der Waals surface area contributed by atoms with E-state index in [-0.39, 0.29) is 5.41 Å². The summed E-state index contributed by atoms with van der Waals surface area (Å²) in [4.78, 5) is 0. The minimum Gasteiger partial charge on any atom is -0.135 e. The Balaban J connectivity index is 1.29. The zero-order valence-corrected chi connectivity index (χ0v) is 29.9. The Kier molecular flexibility index (Phi) is 6.27. The van der Waals surface area contributed by atoms with Gasteiger partial charge in [-0.15, -0.1) is 11.3 Å². The molecule has 0 aliphatic heterocycles. The summed E-state index contributed by atoms with van der Waals surface area (Å²) in [6.07, 6.45) is 0. The van der Waals surface area contributed by atoms with E-state index in [0.29, 0.717) is 0 Å². The van der Waals surface area contributed by atoms with Crippen molar-refractivity contribution >= 4 is 63.8 Å². The van der Waals surface area contributed by atoms with Gasteiger partial charge in [0.05, 0.1) is 0 Å². The zero-order valence-electron chi connectivity index (χ0n) is 29.1. The molecule has 0 N–H and O–H groups in total. The normalized spacial score (nSPS) is 13.3. The molecule has 52 heavy (non-hydrogen) atoms. The van der Waals surface area contributed by atoms with Crippen molar-refractivity contribution in [3.63, 3.8) is 0 Å². The Bertz CT molecular complexity index is 3090. The van der Waals surface area contributed by atoms with E-state index in [9.17, 15) is 0 Å². The monoisotopic (exact) mass is 678 g/mol. The quantitative estimate of drug-likeness (QED) is 0.163. The summed E-state index contributed by atoms with van der Waals surface area (Å²) in [6.45, 7) is 4.76. The highest BCUT2D eigenvalue weighted by molar-refractivity contribution is 7.25. The van der Waals surface area contributed by atoms with Gasteiger partial charge in [-0.25, -0.2) is 0 Å². The number of thiophene rings is 1. The van der Waals surface area contributed by atoms with Gasteiger partial charge in [0, 0.05) is 25.6 Å². The van der Waals surface area contributed by atoms with Crippen LogP contribution >= 0.6 is 11.3 Å². The van der Waals surface area contributed by atoms with E-state index >= 15 is 0 Å². The molecule has 10 aromatic rings. The highest BCUT2D eigenvalue weighted by Gasteiger charge is 2.37. The molecule has 0 spiro atoms. The van der Waals surface area contributed by atoms with Crippen molar-refractivity contribution in [2.45, 2.75) is 19.3 Å². The van der Waals surface area contributed by atoms with Crippen LogP contribution in [0.1, 0.15) is 25.0 Å². The molecule has 1 heteroatoms. The fraction of sp³-hybridized carbons (Fsp3) is 0.0588. The third-order valence-corrected chi connectivity index (χ3v) is 12.8. The van der Waals surface area contributed by atoms with Gasteiger partial charge >= 0.3 is 0 Å². The highest BCUT2D eigenvalue weighted by atomic mass is 32.1. The van der Waals surface area contributed by atoms with Crippen molar-refractivity contribution in [3.8, 4) is 44.5 Å². The van der Waals surface area contributed by atoms with Crippen LogP contribution in [0, 0.1) is 0 Å². The van der Waals surface area contributed by atoms with E-state index in [4.69, 9.17) is 0 Å². The summed E-state index contributed by atoms with van der Waals surface area (Å²) in [6, 6.07) is 63.7. The van der Waals surface area contributed by atoms with Crippen LogP contribution in [0.5, 0.6) is 0 Å². The predicted octanol–water partition coefficient (Wildman–Crippen LogP) is 14.8. The number of rotatable bonds is 3. The number of fused-ring (bicyclic) bond motifs is 9. The summed E-state index contributed by atoms with van der Waals surface area (Å²) in [5.74, 6) is 0. The fourth-order valence-electron chi connectivity index (χ4n) is 9.27. The molecule has 1 heterocycles. The van der Waals surface area contributed by atoms with Gasteiger partial charge in [-0.3, -0.25) is 0 Å². The van der Waals surface area contributed by atoms with E-state index in [1.807, 2.05) is 11.3 Å². The molecule has 11 rings (SSSR count). The van der Waals surface area contributed by atoms with E-state index in [1.165, 1.54) is 108 Å². The van der Waals surface area contributed by atoms with Crippen molar-refractivity contribution in [3.05, 3.63) is 181 Å². The highest BCUT2D eigenvalue weighted by Crippen LogP contribution is 2.55. The van der Waals surface area contributed by atoms with Gasteiger partial charge in [-0.2, -0.15) is 0 Å². The molecule has 244 valence electrons. The Hall–Kier alpha value is -6.02. The second-order valence-corrected chi connectivity index (χ2v) is 15.9. The average Bonchev–Trinajstić information content (AvgIpc) is 3.68. The van der Waals surface area contributed by atoms with E-state index in [1.54, 1.807) is 0 Å². The first-order valence-corrected chi connectivity index (χ1v) is 19.0. The van der Waals surface area contributed by atoms with E-state index in [0.717, 1.165) is 0 Å². The summed E-state index contributed by atoms with van der Waals surface area (Å²) >= 11 is 1.88. The molecule has 0 saturated heterocycles. The van der Waals surface area contributed by atoms with Crippen LogP contribution < -0.4 is 0 Å². The molecule has 0 bridgehead atoms. The fourth-order valence-corrected chi connectivity index (χ4v) is 10.4. The molecule has 0 unspecified atom stereocenters. The predicted molar refractivity (Wildman–Crippen MR) is 226 cm³/mol. The van der Waals surface area contributed by atoms with E-state index < -0.39 is 0 Å². The van der Waals surface area contributed by atoms with Crippen LogP contribution in [-0.2, 0) is 5.41 Å². The molecule has 0 radical (unpaired) electrons. The van der Waals surface area contributed by atoms with Crippen molar-refractivity contribution in [2.75, 3.05) is 0 Å². The lowest BCUT2D eigenvalue weighted by molar-refractivity contribution is 0.660. The van der Waals surface area contributed by atoms with Gasteiger partial charge < -0.3 is 0 Å². The SMILES string of the molecule is CC1(C)c2ccccc2-c2c(-c3c4ccccc4c(-c4ccc5sc6ccccc6c5c4)c4ccc(-c5cccc6ccccc56)cc34)cccc21. The minimum absolute atomic E-state index is 0.0830. The first kappa shape index (κ1) is 29.7. The van der Waals surface area contributed by atoms with Gasteiger partial charge in [0.15, 0.2) is 0 Å². The summed E-state index contributed by atoms with van der Waals surface area (Å²) in [5.41, 5.74) is 13.1. The van der Waals surface area contributed by atoms with Crippen molar-refractivity contribution in [2.24, 2.45) is 0 Å². The van der Waals surface area contributed by atoms with Crippen LogP contribution in [0.15, 0.2) is 170 Å². The standard InChI is InChI=1S/C51H34S/c1-51(2)44-22-9-7-19-40(44)50-41(21-12-23-45(50)51)49-38-18-6-5-17-37(38)48(33-26-28-47-42(30-33)36-16-8-10-24-46(36)52-47)39-27-25-32(29-43(39)49)35-20-11-14-31-13-3-4-15-34(31)35/h3-30H,1-2H3. The Morgan fingerprint density at radius 3 is 1.81 bits per heavy atom. The molecule has 0 fully saturated rings. The van der Waals surface area contributed by atoms with Gasteiger partial charge in [-0.05, 0) is 112 Å².